The molecule has 6 saturated carbocycles. The van der Waals surface area contributed by atoms with Gasteiger partial charge < -0.3 is 31.5 Å². The zero-order valence-corrected chi connectivity index (χ0v) is 44.0. The van der Waals surface area contributed by atoms with Gasteiger partial charge in [0.15, 0.2) is 0 Å². The number of hydrogen-bond acceptors (Lipinski definition) is 6. The topological polar surface area (TPSA) is 138 Å². The van der Waals surface area contributed by atoms with Gasteiger partial charge in [-0.15, -0.1) is 10.2 Å². The maximum atomic E-state index is 10.2. The molecule has 10 rings (SSSR count). The van der Waals surface area contributed by atoms with Crippen LogP contribution in [0.15, 0.2) is 43.7 Å². The second-order valence-electron chi connectivity index (χ2n) is 22.7. The van der Waals surface area contributed by atoms with Crippen LogP contribution in [0.25, 0.3) is 0 Å². The molecule has 13 heteroatoms. The third-order valence-electron chi connectivity index (χ3n) is 19.9. The standard InChI is InChI=1S/2C25H40N4O.2ClH.Zn/c2*1-16(15-28-29-23-26-12-13-27-23)20-6-7-21-19-5-4-17-14-18(30)8-10-24(17,2)22(19)9-11-25(20,21)3;;;/h2*4,15-16,18-22,30H,5-14H2,1-3H3,(H2,26,27,29);2*1H;/q;;;;+2/p-2/b2*28-15+;;;/t16?,18-,19?,20+,21?,22?,24?,25+;16?,18-,19?,20+,21?,22?,24-,25+;;;/m00.../s1. The molecule has 0 bridgehead atoms. The first-order valence-electron chi connectivity index (χ1n) is 25.3. The van der Waals surface area contributed by atoms with E-state index in [-0.39, 0.29) is 12.2 Å². The molecule has 63 heavy (non-hydrogen) atoms. The van der Waals surface area contributed by atoms with Gasteiger partial charge in [0, 0.05) is 38.6 Å². The molecular weight excluding hydrogens is 881 g/mol. The number of rotatable bonds is 6. The molecule has 0 aromatic carbocycles. The summed E-state index contributed by atoms with van der Waals surface area (Å²) in [6.45, 7) is 18.7. The van der Waals surface area contributed by atoms with Crippen molar-refractivity contribution in [3.8, 4) is 0 Å². The Kier molecular flexibility index (Phi) is 15.2. The van der Waals surface area contributed by atoms with E-state index in [0.29, 0.717) is 45.3 Å². The molecule has 0 aromatic heterocycles. The van der Waals surface area contributed by atoms with E-state index < -0.39 is 15.1 Å². The number of hydrogen-bond donors (Lipinski definition) is 6. The number of aliphatic hydroxyl groups excluding tert-OH is 2. The van der Waals surface area contributed by atoms with E-state index in [1.54, 1.807) is 11.1 Å². The van der Waals surface area contributed by atoms with Gasteiger partial charge in [-0.25, -0.2) is 0 Å². The van der Waals surface area contributed by atoms with Crippen molar-refractivity contribution < 1.29 is 25.4 Å². The zero-order valence-electron chi connectivity index (χ0n) is 39.5. The Labute approximate surface area is 395 Å². The summed E-state index contributed by atoms with van der Waals surface area (Å²) in [5.41, 5.74) is 4.69. The van der Waals surface area contributed by atoms with Crippen LogP contribution in [0, 0.1) is 80.8 Å². The molecule has 2 heterocycles. The van der Waals surface area contributed by atoms with Crippen LogP contribution in [-0.2, 0) is 15.1 Å². The van der Waals surface area contributed by atoms with E-state index in [1.807, 2.05) is 0 Å². The molecule has 2 saturated heterocycles. The second kappa shape index (κ2) is 20.0. The van der Waals surface area contributed by atoms with Crippen LogP contribution in [0.4, 0.5) is 0 Å². The van der Waals surface area contributed by atoms with Crippen molar-refractivity contribution in [2.24, 2.45) is 101 Å². The molecule has 9 unspecified atom stereocenters. The number of nitrogens with one attached hydrogen (secondary N) is 4. The summed E-state index contributed by atoms with van der Waals surface area (Å²) in [6.07, 6.45) is 28.6. The quantitative estimate of drug-likeness (QED) is 0.0680. The van der Waals surface area contributed by atoms with E-state index in [4.69, 9.17) is 19.4 Å². The molecule has 8 aliphatic carbocycles. The third kappa shape index (κ3) is 9.38. The van der Waals surface area contributed by atoms with Crippen LogP contribution in [0.2, 0.25) is 0 Å². The summed E-state index contributed by atoms with van der Waals surface area (Å²) in [6, 6.07) is 0. The average Bonchev–Trinajstić information content (AvgIpc) is 4.09. The van der Waals surface area contributed by atoms with Gasteiger partial charge in [0.05, 0.1) is 12.2 Å². The van der Waals surface area contributed by atoms with Gasteiger partial charge >= 0.3 is 34.5 Å². The summed E-state index contributed by atoms with van der Waals surface area (Å²) in [5.74, 6) is 8.94. The van der Waals surface area contributed by atoms with Gasteiger partial charge in [0.25, 0.3) is 0 Å². The molecular formula is C50H80Cl2N8O2Zn. The summed E-state index contributed by atoms with van der Waals surface area (Å²) in [4.78, 5) is 0. The van der Waals surface area contributed by atoms with Gasteiger partial charge in [0.2, 0.25) is 11.9 Å². The van der Waals surface area contributed by atoms with Gasteiger partial charge in [-0.2, -0.15) is 10.2 Å². The zero-order chi connectivity index (χ0) is 44.6. The molecule has 2 aliphatic heterocycles. The average molecular weight is 962 g/mol. The Morgan fingerprint density at radius 1 is 0.587 bits per heavy atom. The molecule has 10 aliphatic rings. The SMILES string of the molecule is CC(/C=N/N=C1NCCN1)[C@H]1CCC2C3CC=C4C[C@@H](O)CCC4(C)C3CC[C@@]21C.CC(/C=N/N=C1NCCN1)[C@H]1CCC2C3CC=C4C[C@@H](O)CC[C@]4(C)C3CC[C@@]21C.[Cl][Zn][Cl]. The molecule has 0 spiro atoms. The molecule has 16 atom stereocenters. The first kappa shape index (κ1) is 48.0. The van der Waals surface area contributed by atoms with Gasteiger partial charge in [-0.3, -0.25) is 0 Å². The van der Waals surface area contributed by atoms with Gasteiger partial charge in [-0.05, 0) is 184 Å². The fraction of sp³-hybridized carbons (Fsp3) is 0.840. The number of allylic oxidation sites excluding steroid dienone is 2. The number of halogens is 2. The van der Waals surface area contributed by atoms with Crippen molar-refractivity contribution in [3.63, 3.8) is 0 Å². The summed E-state index contributed by atoms with van der Waals surface area (Å²) in [7, 11) is 9.90. The van der Waals surface area contributed by atoms with E-state index in [9.17, 15) is 10.2 Å². The minimum atomic E-state index is -0.931. The molecule has 8 fully saturated rings. The first-order valence-corrected chi connectivity index (χ1v) is 33.1. The van der Waals surface area contributed by atoms with E-state index in [1.165, 1.54) is 77.0 Å². The van der Waals surface area contributed by atoms with Crippen molar-refractivity contribution in [1.82, 2.24) is 21.3 Å². The first-order chi connectivity index (χ1) is 30.2. The predicted octanol–water partition coefficient (Wildman–Crippen LogP) is 9.57. The summed E-state index contributed by atoms with van der Waals surface area (Å²) < 4.78 is 0. The van der Waals surface area contributed by atoms with Crippen LogP contribution in [-0.4, -0.2) is 72.9 Å². The second-order valence-corrected chi connectivity index (χ2v) is 27.3. The normalized spacial score (nSPS) is 44.3. The summed E-state index contributed by atoms with van der Waals surface area (Å²) >= 11 is -0.931. The molecule has 0 radical (unpaired) electrons. The van der Waals surface area contributed by atoms with Crippen LogP contribution >= 0.6 is 19.4 Å². The minimum absolute atomic E-state index is 0.107. The van der Waals surface area contributed by atoms with Crippen LogP contribution in [0.1, 0.15) is 144 Å². The van der Waals surface area contributed by atoms with Crippen LogP contribution in [0.3, 0.4) is 0 Å². The Morgan fingerprint density at radius 3 is 1.35 bits per heavy atom. The monoisotopic (exact) mass is 959 g/mol. The Morgan fingerprint density at radius 2 is 0.968 bits per heavy atom. The molecule has 6 N–H and O–H groups in total. The van der Waals surface area contributed by atoms with Crippen molar-refractivity contribution >= 4 is 43.7 Å². The van der Waals surface area contributed by atoms with Crippen molar-refractivity contribution in [3.05, 3.63) is 23.3 Å². The fourth-order valence-corrected chi connectivity index (χ4v) is 16.7. The maximum absolute atomic E-state index is 10.2. The van der Waals surface area contributed by atoms with Gasteiger partial charge in [-0.1, -0.05) is 64.8 Å². The summed E-state index contributed by atoms with van der Waals surface area (Å²) in [5, 5.41) is 50.8. The van der Waals surface area contributed by atoms with Crippen molar-refractivity contribution in [2.75, 3.05) is 26.2 Å². The van der Waals surface area contributed by atoms with Crippen LogP contribution < -0.4 is 21.3 Å². The number of aliphatic hydroxyl groups is 2. The Balaban J connectivity index is 0.000000163. The van der Waals surface area contributed by atoms with Crippen molar-refractivity contribution in [2.45, 2.75) is 156 Å². The molecule has 10 nitrogen and oxygen atoms in total. The predicted molar refractivity (Wildman–Crippen MR) is 256 cm³/mol. The van der Waals surface area contributed by atoms with E-state index >= 15 is 0 Å². The van der Waals surface area contributed by atoms with E-state index in [2.05, 4.69) is 108 Å². The number of nitrogens with zero attached hydrogens (tertiary/aromatic N) is 4. The fourth-order valence-electron chi connectivity index (χ4n) is 16.7. The van der Waals surface area contributed by atoms with Crippen LogP contribution in [0.5, 0.6) is 0 Å². The number of fused-ring (bicyclic) bond motifs is 10. The number of guanidine groups is 2. The Bertz CT molecular complexity index is 1670. The Hall–Kier alpha value is -1.52. The third-order valence-corrected chi connectivity index (χ3v) is 19.9. The van der Waals surface area contributed by atoms with E-state index in [0.717, 1.165) is 99.3 Å². The van der Waals surface area contributed by atoms with Crippen molar-refractivity contribution in [1.29, 1.82) is 0 Å². The molecule has 348 valence electrons. The molecule has 0 aromatic rings. The molecule has 0 amide bonds. The van der Waals surface area contributed by atoms with Gasteiger partial charge in [0.1, 0.15) is 0 Å².